The monoisotopic (exact) mass is 482 g/mol. The normalized spacial score (nSPS) is 13.0. The third-order valence-electron chi connectivity index (χ3n) is 5.60. The van der Waals surface area contributed by atoms with Gasteiger partial charge in [0.2, 0.25) is 0 Å². The Kier molecular flexibility index (Phi) is 7.04. The van der Waals surface area contributed by atoms with Crippen LogP contribution in [0.4, 0.5) is 8.78 Å². The number of amides is 1. The number of carbonyl (C=O) groups excluding carboxylic acids is 1. The largest absolute Gasteiger partial charge is 0.485 e. The van der Waals surface area contributed by atoms with Crippen LogP contribution in [0.25, 0.3) is 5.65 Å². The summed E-state index contributed by atoms with van der Waals surface area (Å²) in [6.45, 7) is 2.86. The molecule has 0 fully saturated rings. The molecule has 0 radical (unpaired) electrons. The average Bonchev–Trinajstić information content (AvgIpc) is 3.18. The number of aliphatic hydroxyl groups excluding tert-OH is 2. The molecule has 0 saturated carbocycles. The van der Waals surface area contributed by atoms with Gasteiger partial charge in [0.25, 0.3) is 5.91 Å². The molecule has 0 unspecified atom stereocenters. The molecule has 0 saturated heterocycles. The molecule has 3 N–H and O–H groups in total. The maximum atomic E-state index is 14.0. The third-order valence-corrected chi connectivity index (χ3v) is 5.60. The Hall–Kier alpha value is -3.89. The summed E-state index contributed by atoms with van der Waals surface area (Å²) in [5.74, 6) is -1.60. The van der Waals surface area contributed by atoms with Gasteiger partial charge in [-0.05, 0) is 49.7 Å². The van der Waals surface area contributed by atoms with Gasteiger partial charge >= 0.3 is 0 Å². The Bertz CT molecular complexity index is 1350. The number of rotatable bonds is 8. The molecule has 2 atom stereocenters. The van der Waals surface area contributed by atoms with Crippen molar-refractivity contribution in [3.8, 4) is 5.75 Å². The highest BCUT2D eigenvalue weighted by Crippen LogP contribution is 2.25. The first kappa shape index (κ1) is 24.2. The number of carbonyl (C=O) groups is 1. The number of benzene rings is 1. The van der Waals surface area contributed by atoms with E-state index in [-0.39, 0.29) is 30.2 Å². The van der Waals surface area contributed by atoms with Crippen LogP contribution in [0, 0.1) is 18.6 Å². The van der Waals surface area contributed by atoms with Crippen LogP contribution in [0.1, 0.15) is 45.9 Å². The second-order valence-electron chi connectivity index (χ2n) is 8.04. The van der Waals surface area contributed by atoms with E-state index in [1.54, 1.807) is 31.3 Å². The first-order valence-electron chi connectivity index (χ1n) is 10.9. The fraction of sp³-hybridized carbons (Fsp3) is 0.240. The number of nitrogens with zero attached hydrogens (tertiary/aromatic N) is 3. The highest BCUT2D eigenvalue weighted by Gasteiger charge is 2.21. The highest BCUT2D eigenvalue weighted by molar-refractivity contribution is 5.95. The summed E-state index contributed by atoms with van der Waals surface area (Å²) < 4.78 is 35.1. The van der Waals surface area contributed by atoms with Crippen molar-refractivity contribution >= 4 is 11.6 Å². The Morgan fingerprint density at radius 1 is 1.17 bits per heavy atom. The molecule has 182 valence electrons. The third kappa shape index (κ3) is 4.98. The van der Waals surface area contributed by atoms with E-state index in [2.05, 4.69) is 15.3 Å². The van der Waals surface area contributed by atoms with Crippen LogP contribution in [0.5, 0.6) is 5.75 Å². The summed E-state index contributed by atoms with van der Waals surface area (Å²) in [6, 6.07) is 8.46. The van der Waals surface area contributed by atoms with E-state index in [0.717, 1.165) is 12.1 Å². The van der Waals surface area contributed by atoms with Crippen LogP contribution in [0.3, 0.4) is 0 Å². The van der Waals surface area contributed by atoms with Crippen molar-refractivity contribution in [2.75, 3.05) is 0 Å². The van der Waals surface area contributed by atoms with Crippen LogP contribution in [0.2, 0.25) is 0 Å². The Morgan fingerprint density at radius 3 is 2.63 bits per heavy atom. The summed E-state index contributed by atoms with van der Waals surface area (Å²) >= 11 is 0. The van der Waals surface area contributed by atoms with E-state index in [4.69, 9.17) is 4.74 Å². The Morgan fingerprint density at radius 2 is 1.91 bits per heavy atom. The summed E-state index contributed by atoms with van der Waals surface area (Å²) in [5, 5.41) is 22.8. The number of pyridine rings is 2. The molecular weight excluding hydrogens is 458 g/mol. The van der Waals surface area contributed by atoms with Crippen molar-refractivity contribution in [3.05, 3.63) is 94.7 Å². The second-order valence-corrected chi connectivity index (χ2v) is 8.04. The molecule has 10 heteroatoms. The van der Waals surface area contributed by atoms with Gasteiger partial charge in [-0.2, -0.15) is 0 Å². The average molecular weight is 482 g/mol. The number of hydrogen-bond donors (Lipinski definition) is 3. The van der Waals surface area contributed by atoms with Crippen molar-refractivity contribution in [2.24, 2.45) is 0 Å². The van der Waals surface area contributed by atoms with Gasteiger partial charge in [0.1, 0.15) is 30.0 Å². The summed E-state index contributed by atoms with van der Waals surface area (Å²) in [4.78, 5) is 21.5. The highest BCUT2D eigenvalue weighted by atomic mass is 19.1. The van der Waals surface area contributed by atoms with Crippen molar-refractivity contribution < 1.29 is 28.5 Å². The van der Waals surface area contributed by atoms with Gasteiger partial charge in [0, 0.05) is 30.7 Å². The van der Waals surface area contributed by atoms with Gasteiger partial charge in [-0.1, -0.05) is 6.07 Å². The lowest BCUT2D eigenvalue weighted by Gasteiger charge is -2.17. The molecule has 1 amide bonds. The molecule has 3 aromatic heterocycles. The summed E-state index contributed by atoms with van der Waals surface area (Å²) in [5.41, 5.74) is 1.81. The van der Waals surface area contributed by atoms with Crippen LogP contribution < -0.4 is 10.1 Å². The van der Waals surface area contributed by atoms with Gasteiger partial charge in [-0.15, -0.1) is 0 Å². The van der Waals surface area contributed by atoms with Gasteiger partial charge < -0.3 is 20.3 Å². The lowest BCUT2D eigenvalue weighted by molar-refractivity contribution is 0.0297. The predicted molar refractivity (Wildman–Crippen MR) is 123 cm³/mol. The fourth-order valence-corrected chi connectivity index (χ4v) is 3.74. The molecule has 0 spiro atoms. The number of aryl methyl sites for hydroxylation is 1. The molecule has 0 bridgehead atoms. The van der Waals surface area contributed by atoms with Crippen molar-refractivity contribution in [1.29, 1.82) is 0 Å². The molecule has 8 nitrogen and oxygen atoms in total. The zero-order valence-corrected chi connectivity index (χ0v) is 19.1. The van der Waals surface area contributed by atoms with E-state index in [9.17, 15) is 23.8 Å². The molecule has 0 aliphatic rings. The lowest BCUT2D eigenvalue weighted by Crippen LogP contribution is -2.26. The zero-order chi connectivity index (χ0) is 25.1. The molecule has 4 aromatic rings. The Balaban J connectivity index is 1.56. The molecule has 3 heterocycles. The number of imidazole rings is 1. The van der Waals surface area contributed by atoms with Gasteiger partial charge in [-0.25, -0.2) is 13.8 Å². The minimum Gasteiger partial charge on any atom is -0.485 e. The number of fused-ring (bicyclic) bond motifs is 1. The van der Waals surface area contributed by atoms with Gasteiger partial charge in [0.05, 0.1) is 17.4 Å². The maximum Gasteiger partial charge on any atom is 0.270 e. The van der Waals surface area contributed by atoms with E-state index < -0.39 is 29.7 Å². The quantitative estimate of drug-likeness (QED) is 0.356. The smallest absolute Gasteiger partial charge is 0.270 e. The van der Waals surface area contributed by atoms with Crippen molar-refractivity contribution in [3.63, 3.8) is 0 Å². The predicted octanol–water partition coefficient (Wildman–Crippen LogP) is 3.24. The first-order valence-corrected chi connectivity index (χ1v) is 10.9. The number of ether oxygens (including phenoxy) is 1. The Labute approximate surface area is 199 Å². The zero-order valence-electron chi connectivity index (χ0n) is 19.1. The lowest BCUT2D eigenvalue weighted by atomic mass is 10.0. The molecule has 35 heavy (non-hydrogen) atoms. The minimum atomic E-state index is -1.15. The van der Waals surface area contributed by atoms with Crippen molar-refractivity contribution in [2.45, 2.75) is 39.2 Å². The van der Waals surface area contributed by atoms with Crippen LogP contribution in [-0.2, 0) is 13.2 Å². The van der Waals surface area contributed by atoms with Crippen molar-refractivity contribution in [1.82, 2.24) is 19.7 Å². The van der Waals surface area contributed by atoms with Gasteiger partial charge in [0.15, 0.2) is 11.4 Å². The van der Waals surface area contributed by atoms with Crippen LogP contribution in [-0.4, -0.2) is 36.6 Å². The molecule has 4 rings (SSSR count). The fourth-order valence-electron chi connectivity index (χ4n) is 3.74. The first-order chi connectivity index (χ1) is 16.8. The molecule has 0 aliphatic carbocycles. The van der Waals surface area contributed by atoms with Crippen LogP contribution in [0.15, 0.2) is 55.0 Å². The standard InChI is InChI=1S/C25H24F2N4O4/c1-14-22(25(34)29-11-16-8-9-28-12-17(16)23(33)15(2)32)31-10-4-7-21(24(31)30-14)35-13-18-19(26)5-3-6-20(18)27/h3-10,12,15,23,32-33H,11,13H2,1-2H3,(H,29,34)/t15-,23+/m1/s1. The number of nitrogens with one attached hydrogen (secondary N) is 1. The number of aromatic nitrogens is 3. The minimum absolute atomic E-state index is 0.0793. The van der Waals surface area contributed by atoms with Gasteiger partial charge in [-0.3, -0.25) is 14.2 Å². The maximum absolute atomic E-state index is 14.0. The summed E-state index contributed by atoms with van der Waals surface area (Å²) in [7, 11) is 0. The van der Waals surface area contributed by atoms with E-state index in [1.807, 2.05) is 0 Å². The number of hydrogen-bond acceptors (Lipinski definition) is 6. The topological polar surface area (TPSA) is 109 Å². The van der Waals surface area contributed by atoms with E-state index in [1.165, 1.54) is 29.8 Å². The van der Waals surface area contributed by atoms with Crippen LogP contribution >= 0.6 is 0 Å². The van der Waals surface area contributed by atoms with E-state index in [0.29, 0.717) is 22.5 Å². The number of aliphatic hydroxyl groups is 2. The molecular formula is C25H24F2N4O4. The molecule has 1 aromatic carbocycles. The van der Waals surface area contributed by atoms with E-state index >= 15 is 0 Å². The summed E-state index contributed by atoms with van der Waals surface area (Å²) in [6.07, 6.45) is 2.45. The molecule has 0 aliphatic heterocycles. The SMILES string of the molecule is Cc1nc2c(OCc3c(F)cccc3F)cccn2c1C(=O)NCc1ccncc1[C@@H](O)[C@@H](C)O. The number of halogens is 2. The second kappa shape index (κ2) is 10.2.